The van der Waals surface area contributed by atoms with Gasteiger partial charge in [0.2, 0.25) is 4.77 Å². The third-order valence-electron chi connectivity index (χ3n) is 3.02. The summed E-state index contributed by atoms with van der Waals surface area (Å²) in [4.78, 5) is 0. The molecule has 0 aliphatic heterocycles. The molecular weight excluding hydrogens is 290 g/mol. The van der Waals surface area contributed by atoms with E-state index in [4.69, 9.17) is 23.8 Å². The number of hydrogen-bond donors (Lipinski definition) is 0. The molecule has 0 aliphatic carbocycles. The second-order valence-electron chi connectivity index (χ2n) is 4.41. The van der Waals surface area contributed by atoms with Crippen molar-refractivity contribution >= 4 is 23.8 Å². The van der Waals surface area contributed by atoms with Gasteiger partial charge < -0.3 is 0 Å². The molecule has 0 radical (unpaired) electrons. The minimum Gasteiger partial charge on any atom is -0.268 e. The maximum absolute atomic E-state index is 6.08. The molecule has 0 atom stereocenters. The molecule has 1 heterocycles. The molecule has 0 amide bonds. The average Bonchev–Trinajstić information content (AvgIpc) is 2.76. The summed E-state index contributed by atoms with van der Waals surface area (Å²) >= 11 is 11.5. The summed E-state index contributed by atoms with van der Waals surface area (Å²) in [7, 11) is 1.84. The van der Waals surface area contributed by atoms with Gasteiger partial charge in [0, 0.05) is 17.6 Å². The van der Waals surface area contributed by atoms with Gasteiger partial charge in [0.1, 0.15) is 0 Å². The Kier molecular flexibility index (Phi) is 3.42. The quantitative estimate of drug-likeness (QED) is 0.660. The number of aromatic nitrogens is 3. The Hall–Kier alpha value is -1.91. The molecule has 100 valence electrons. The third kappa shape index (κ3) is 2.28. The molecule has 3 nitrogen and oxygen atoms in total. The van der Waals surface area contributed by atoms with Gasteiger partial charge in [-0.1, -0.05) is 48.0 Å². The van der Waals surface area contributed by atoms with E-state index < -0.39 is 0 Å². The maximum Gasteiger partial charge on any atom is 0.202 e. The van der Waals surface area contributed by atoms with Gasteiger partial charge in [-0.3, -0.25) is 4.57 Å². The lowest BCUT2D eigenvalue weighted by molar-refractivity contribution is 0.750. The Balaban J connectivity index is 2.28. The van der Waals surface area contributed by atoms with Crippen LogP contribution in [0.5, 0.6) is 0 Å². The molecule has 0 aliphatic rings. The summed E-state index contributed by atoms with van der Waals surface area (Å²) in [5.41, 5.74) is 1.92. The number of halogens is 1. The Morgan fingerprint density at radius 3 is 2.50 bits per heavy atom. The summed E-state index contributed by atoms with van der Waals surface area (Å²) < 4.78 is 4.25. The fourth-order valence-electron chi connectivity index (χ4n) is 2.09. The fraction of sp³-hybridized carbons (Fsp3) is 0.0667. The molecule has 3 aromatic rings. The van der Waals surface area contributed by atoms with E-state index >= 15 is 0 Å². The molecule has 0 spiro atoms. The molecule has 5 heteroatoms. The molecular formula is C15H12ClN3S. The van der Waals surface area contributed by atoms with Crippen LogP contribution in [0.1, 0.15) is 0 Å². The number of hydrogen-bond acceptors (Lipinski definition) is 2. The Bertz CT molecular complexity index is 805. The van der Waals surface area contributed by atoms with Crippen LogP contribution < -0.4 is 0 Å². The molecule has 20 heavy (non-hydrogen) atoms. The molecule has 2 aromatic carbocycles. The van der Waals surface area contributed by atoms with Crippen molar-refractivity contribution in [1.29, 1.82) is 0 Å². The van der Waals surface area contributed by atoms with Crippen molar-refractivity contribution in [3.63, 3.8) is 0 Å². The monoisotopic (exact) mass is 301 g/mol. The molecule has 0 fully saturated rings. The minimum atomic E-state index is 0.631. The SMILES string of the molecule is Cn1nc(-c2ccccc2)n(-c2cccc(Cl)c2)c1=S. The first kappa shape index (κ1) is 13.1. The first-order chi connectivity index (χ1) is 9.66. The highest BCUT2D eigenvalue weighted by Crippen LogP contribution is 2.23. The van der Waals surface area contributed by atoms with Crippen molar-refractivity contribution in [3.8, 4) is 17.1 Å². The van der Waals surface area contributed by atoms with E-state index in [1.54, 1.807) is 4.68 Å². The fourth-order valence-corrected chi connectivity index (χ4v) is 2.50. The lowest BCUT2D eigenvalue weighted by atomic mass is 10.2. The Morgan fingerprint density at radius 2 is 1.80 bits per heavy atom. The smallest absolute Gasteiger partial charge is 0.202 e. The third-order valence-corrected chi connectivity index (χ3v) is 3.70. The van der Waals surface area contributed by atoms with Crippen LogP contribution in [0.2, 0.25) is 5.02 Å². The van der Waals surface area contributed by atoms with Gasteiger partial charge in [0.15, 0.2) is 5.82 Å². The highest BCUT2D eigenvalue weighted by Gasteiger charge is 2.12. The topological polar surface area (TPSA) is 22.8 Å². The molecule has 0 unspecified atom stereocenters. The minimum absolute atomic E-state index is 0.631. The van der Waals surface area contributed by atoms with Gasteiger partial charge in [-0.05, 0) is 30.4 Å². The highest BCUT2D eigenvalue weighted by atomic mass is 35.5. The van der Waals surface area contributed by atoms with Crippen molar-refractivity contribution in [2.24, 2.45) is 7.05 Å². The van der Waals surface area contributed by atoms with Gasteiger partial charge in [-0.25, -0.2) is 4.68 Å². The second kappa shape index (κ2) is 5.23. The zero-order chi connectivity index (χ0) is 14.1. The molecule has 1 aromatic heterocycles. The average molecular weight is 302 g/mol. The molecule has 0 N–H and O–H groups in total. The zero-order valence-corrected chi connectivity index (χ0v) is 12.4. The van der Waals surface area contributed by atoms with Crippen molar-refractivity contribution in [3.05, 3.63) is 64.4 Å². The van der Waals surface area contributed by atoms with Crippen molar-refractivity contribution < 1.29 is 0 Å². The number of aryl methyl sites for hydroxylation is 1. The normalized spacial score (nSPS) is 10.7. The number of nitrogens with zero attached hydrogens (tertiary/aromatic N) is 3. The maximum atomic E-state index is 6.08. The van der Waals surface area contributed by atoms with Crippen molar-refractivity contribution in [2.75, 3.05) is 0 Å². The van der Waals surface area contributed by atoms with Gasteiger partial charge in [-0.15, -0.1) is 0 Å². The van der Waals surface area contributed by atoms with Crippen LogP contribution in [0.15, 0.2) is 54.6 Å². The van der Waals surface area contributed by atoms with E-state index in [9.17, 15) is 0 Å². The van der Waals surface area contributed by atoms with Crippen molar-refractivity contribution in [1.82, 2.24) is 14.3 Å². The molecule has 3 rings (SSSR count). The predicted octanol–water partition coefficient (Wildman–Crippen LogP) is 4.26. The van der Waals surface area contributed by atoms with E-state index in [0.29, 0.717) is 9.79 Å². The zero-order valence-electron chi connectivity index (χ0n) is 10.8. The van der Waals surface area contributed by atoms with Crippen LogP contribution in [0.25, 0.3) is 17.1 Å². The first-order valence-corrected chi connectivity index (χ1v) is 6.93. The Morgan fingerprint density at radius 1 is 1.05 bits per heavy atom. The number of benzene rings is 2. The van der Waals surface area contributed by atoms with Gasteiger partial charge in [-0.2, -0.15) is 5.10 Å². The lowest BCUT2D eigenvalue weighted by Crippen LogP contribution is -1.98. The van der Waals surface area contributed by atoms with Crippen molar-refractivity contribution in [2.45, 2.75) is 0 Å². The lowest BCUT2D eigenvalue weighted by Gasteiger charge is -2.07. The van der Waals surface area contributed by atoms with Gasteiger partial charge in [0.25, 0.3) is 0 Å². The van der Waals surface area contributed by atoms with Gasteiger partial charge in [0.05, 0.1) is 5.69 Å². The van der Waals surface area contributed by atoms with Crippen LogP contribution in [0, 0.1) is 4.77 Å². The summed E-state index contributed by atoms with van der Waals surface area (Å²) in [6.07, 6.45) is 0. The Labute approximate surface area is 127 Å². The van der Waals surface area contributed by atoms with Crippen LogP contribution in [0.4, 0.5) is 0 Å². The highest BCUT2D eigenvalue weighted by molar-refractivity contribution is 7.71. The van der Waals surface area contributed by atoms with E-state index in [2.05, 4.69) is 5.10 Å². The second-order valence-corrected chi connectivity index (χ2v) is 5.21. The summed E-state index contributed by atoms with van der Waals surface area (Å²) in [5, 5.41) is 5.19. The van der Waals surface area contributed by atoms with E-state index in [1.165, 1.54) is 0 Å². The van der Waals surface area contributed by atoms with Crippen LogP contribution in [-0.2, 0) is 7.05 Å². The standard InChI is InChI=1S/C15H12ClN3S/c1-18-15(20)19(13-9-5-8-12(16)10-13)14(17-18)11-6-3-2-4-7-11/h2-10H,1H3. The van der Waals surface area contributed by atoms with Crippen LogP contribution in [-0.4, -0.2) is 14.3 Å². The van der Waals surface area contributed by atoms with E-state index in [1.807, 2.05) is 66.2 Å². The summed E-state index contributed by atoms with van der Waals surface area (Å²) in [6.45, 7) is 0. The number of rotatable bonds is 2. The summed E-state index contributed by atoms with van der Waals surface area (Å²) in [6, 6.07) is 17.6. The van der Waals surface area contributed by atoms with E-state index in [-0.39, 0.29) is 0 Å². The first-order valence-electron chi connectivity index (χ1n) is 6.14. The molecule has 0 bridgehead atoms. The van der Waals surface area contributed by atoms with Gasteiger partial charge >= 0.3 is 0 Å². The predicted molar refractivity (Wildman–Crippen MR) is 83.8 cm³/mol. The summed E-state index contributed by atoms with van der Waals surface area (Å²) in [5.74, 6) is 0.806. The molecule has 0 saturated carbocycles. The van der Waals surface area contributed by atoms with E-state index in [0.717, 1.165) is 17.1 Å². The van der Waals surface area contributed by atoms with Crippen LogP contribution >= 0.6 is 23.8 Å². The molecule has 0 saturated heterocycles. The largest absolute Gasteiger partial charge is 0.268 e. The van der Waals surface area contributed by atoms with Crippen LogP contribution in [0.3, 0.4) is 0 Å².